The molecule has 1 aromatic heterocycles. The minimum atomic E-state index is -4.68. The van der Waals surface area contributed by atoms with Crippen molar-refractivity contribution in [1.82, 2.24) is 14.8 Å². The van der Waals surface area contributed by atoms with Crippen LogP contribution in [0.1, 0.15) is 98.2 Å². The minimum absolute atomic E-state index is 0.0261. The maximum Gasteiger partial charge on any atom is 0.416 e. The molecule has 2 heterocycles. The van der Waals surface area contributed by atoms with Crippen LogP contribution in [0.25, 0.3) is 0 Å². The maximum absolute atomic E-state index is 14.6. The van der Waals surface area contributed by atoms with Crippen molar-refractivity contribution in [1.29, 1.82) is 0 Å². The van der Waals surface area contributed by atoms with Gasteiger partial charge in [-0.3, -0.25) is 9.93 Å². The van der Waals surface area contributed by atoms with Crippen molar-refractivity contribution in [2.24, 2.45) is 17.6 Å². The molecule has 1 fully saturated rings. The third-order valence-corrected chi connectivity index (χ3v) is 10.6. The number of nitrogens with two attached hydrogens (primary N) is 1. The standard InChI is InChI=1S/C32H40F3N5O3S/c1-29(2,3)26(16-30(4,5)44(36)42)19-11-23-24(25(12-19)32(33,34)35)17-40(27(23)41)21-10-8-9-20(13-21)31(14-22(15-31)43-7)28-38-37-18-39(28)6/h8-13,18,22,26H,14-17,36H2,1-7H3/t22?,26-,31?,44?/m1/s1. The fraction of sp³-hybridized carbons (Fsp3) is 0.531. The fourth-order valence-electron chi connectivity index (χ4n) is 6.71. The van der Waals surface area contributed by atoms with E-state index in [-0.39, 0.29) is 30.2 Å². The van der Waals surface area contributed by atoms with Crippen LogP contribution in [0.2, 0.25) is 0 Å². The minimum Gasteiger partial charge on any atom is -0.381 e. The fourth-order valence-corrected chi connectivity index (χ4v) is 7.04. The summed E-state index contributed by atoms with van der Waals surface area (Å²) in [6.07, 6.45) is -1.42. The Hall–Kier alpha value is -3.09. The number of nitrogens with zero attached hydrogens (tertiary/aromatic N) is 4. The van der Waals surface area contributed by atoms with E-state index in [9.17, 15) is 22.2 Å². The summed E-state index contributed by atoms with van der Waals surface area (Å²) in [6.45, 7) is 9.05. The molecule has 44 heavy (non-hydrogen) atoms. The first kappa shape index (κ1) is 32.3. The number of ether oxygens (including phenoxy) is 1. The molecule has 1 unspecified atom stereocenters. The molecule has 0 bridgehead atoms. The quantitative estimate of drug-likeness (QED) is 0.328. The molecule has 1 aliphatic carbocycles. The summed E-state index contributed by atoms with van der Waals surface area (Å²) in [6, 6.07) is 10.1. The van der Waals surface area contributed by atoms with E-state index in [2.05, 4.69) is 10.2 Å². The van der Waals surface area contributed by atoms with Crippen LogP contribution in [-0.4, -0.2) is 42.8 Å². The molecule has 5 rings (SSSR count). The van der Waals surface area contributed by atoms with E-state index >= 15 is 0 Å². The SMILES string of the molecule is COC1CC(c2cccc(N3Cc4c(cc([C@@H](CC(C)(C)S(N)=O)C(C)(C)C)cc4C(F)(F)F)C3=O)c2)(c2nncn2C)C1. The van der Waals surface area contributed by atoms with Crippen LogP contribution >= 0.6 is 0 Å². The number of methoxy groups -OCH3 is 1. The third kappa shape index (κ3) is 5.60. The van der Waals surface area contributed by atoms with Crippen LogP contribution in [0.3, 0.4) is 0 Å². The first-order valence-electron chi connectivity index (χ1n) is 14.6. The zero-order chi connectivity index (χ0) is 32.4. The predicted octanol–water partition coefficient (Wildman–Crippen LogP) is 6.01. The second kappa shape index (κ2) is 11.1. The van der Waals surface area contributed by atoms with Gasteiger partial charge in [-0.15, -0.1) is 10.2 Å². The zero-order valence-corrected chi connectivity index (χ0v) is 27.0. The van der Waals surface area contributed by atoms with Crippen molar-refractivity contribution in [2.75, 3.05) is 12.0 Å². The number of rotatable bonds is 8. The normalized spacial score (nSPS) is 22.1. The van der Waals surface area contributed by atoms with Gasteiger partial charge in [-0.1, -0.05) is 32.9 Å². The number of hydrogen-bond donors (Lipinski definition) is 1. The smallest absolute Gasteiger partial charge is 0.381 e. The highest BCUT2D eigenvalue weighted by molar-refractivity contribution is 7.84. The molecule has 2 aliphatic rings. The van der Waals surface area contributed by atoms with Crippen molar-refractivity contribution in [2.45, 2.75) is 88.8 Å². The zero-order valence-electron chi connectivity index (χ0n) is 26.2. The van der Waals surface area contributed by atoms with Gasteiger partial charge < -0.3 is 14.2 Å². The monoisotopic (exact) mass is 631 g/mol. The van der Waals surface area contributed by atoms with Gasteiger partial charge in [0.25, 0.3) is 5.91 Å². The van der Waals surface area contributed by atoms with Crippen LogP contribution in [0.4, 0.5) is 18.9 Å². The molecule has 1 aliphatic heterocycles. The number of benzene rings is 2. The molecular formula is C32H40F3N5O3S. The molecule has 2 N–H and O–H groups in total. The lowest BCUT2D eigenvalue weighted by molar-refractivity contribution is -0.138. The molecule has 1 amide bonds. The van der Waals surface area contributed by atoms with Gasteiger partial charge in [0.15, 0.2) is 0 Å². The van der Waals surface area contributed by atoms with Crippen LogP contribution < -0.4 is 10.0 Å². The van der Waals surface area contributed by atoms with E-state index in [1.54, 1.807) is 39.4 Å². The Kier molecular flexibility index (Phi) is 8.12. The molecule has 0 radical (unpaired) electrons. The number of hydrogen-bond acceptors (Lipinski definition) is 5. The van der Waals surface area contributed by atoms with Gasteiger partial charge in [-0.05, 0) is 85.4 Å². The molecule has 3 aromatic rings. The van der Waals surface area contributed by atoms with E-state index < -0.39 is 50.1 Å². The van der Waals surface area contributed by atoms with Crippen molar-refractivity contribution < 1.29 is 26.9 Å². The summed E-state index contributed by atoms with van der Waals surface area (Å²) in [5, 5.41) is 14.2. The van der Waals surface area contributed by atoms with Gasteiger partial charge in [0.2, 0.25) is 0 Å². The number of anilines is 1. The average Bonchev–Trinajstić information content (AvgIpc) is 3.48. The highest BCUT2D eigenvalue weighted by Crippen LogP contribution is 2.51. The molecular weight excluding hydrogens is 591 g/mol. The van der Waals surface area contributed by atoms with Gasteiger partial charge >= 0.3 is 6.18 Å². The number of fused-ring (bicyclic) bond motifs is 1. The van der Waals surface area contributed by atoms with E-state index in [0.29, 0.717) is 24.1 Å². The highest BCUT2D eigenvalue weighted by atomic mass is 32.2. The van der Waals surface area contributed by atoms with Crippen LogP contribution in [0.5, 0.6) is 0 Å². The van der Waals surface area contributed by atoms with Crippen LogP contribution in [-0.2, 0) is 40.9 Å². The van der Waals surface area contributed by atoms with Gasteiger partial charge in [0.1, 0.15) is 12.2 Å². The highest BCUT2D eigenvalue weighted by Gasteiger charge is 2.51. The Balaban J connectivity index is 1.57. The first-order chi connectivity index (χ1) is 20.4. The lowest BCUT2D eigenvalue weighted by atomic mass is 9.62. The van der Waals surface area contributed by atoms with Crippen LogP contribution in [0, 0.1) is 5.41 Å². The topological polar surface area (TPSA) is 103 Å². The van der Waals surface area contributed by atoms with Gasteiger partial charge in [0.05, 0.1) is 39.4 Å². The van der Waals surface area contributed by atoms with E-state index in [1.165, 1.54) is 11.0 Å². The largest absolute Gasteiger partial charge is 0.416 e. The van der Waals surface area contributed by atoms with Crippen LogP contribution in [0.15, 0.2) is 42.7 Å². The van der Waals surface area contributed by atoms with Gasteiger partial charge in [0, 0.05) is 25.4 Å². The number of amides is 1. The Bertz CT molecular complexity index is 1610. The lowest BCUT2D eigenvalue weighted by Gasteiger charge is -2.46. The number of carbonyl (C=O) groups is 1. The number of halogens is 3. The first-order valence-corrected chi connectivity index (χ1v) is 15.8. The summed E-state index contributed by atoms with van der Waals surface area (Å²) >= 11 is 0. The van der Waals surface area contributed by atoms with Crippen molar-refractivity contribution in [3.8, 4) is 0 Å². The number of aryl methyl sites for hydroxylation is 1. The third-order valence-electron chi connectivity index (χ3n) is 9.39. The molecule has 2 aromatic carbocycles. The average molecular weight is 632 g/mol. The Morgan fingerprint density at radius 1 is 1.14 bits per heavy atom. The van der Waals surface area contributed by atoms with Crippen molar-refractivity contribution in [3.05, 3.63) is 76.4 Å². The molecule has 238 valence electrons. The second-order valence-corrected chi connectivity index (χ2v) is 15.5. The van der Waals surface area contributed by atoms with Crippen molar-refractivity contribution >= 4 is 22.6 Å². The summed E-state index contributed by atoms with van der Waals surface area (Å²) in [5.41, 5.74) is -0.0532. The molecule has 1 saturated carbocycles. The predicted molar refractivity (Wildman–Crippen MR) is 163 cm³/mol. The second-order valence-electron chi connectivity index (χ2n) is 13.8. The summed E-state index contributed by atoms with van der Waals surface area (Å²) in [4.78, 5) is 15.4. The number of carbonyl (C=O) groups excluding carboxylic acids is 1. The Morgan fingerprint density at radius 2 is 1.82 bits per heavy atom. The molecule has 8 nitrogen and oxygen atoms in total. The summed E-state index contributed by atoms with van der Waals surface area (Å²) in [7, 11) is 1.83. The number of aromatic nitrogens is 3. The van der Waals surface area contributed by atoms with Crippen molar-refractivity contribution in [3.63, 3.8) is 0 Å². The van der Waals surface area contributed by atoms with E-state index in [0.717, 1.165) is 11.4 Å². The molecule has 2 atom stereocenters. The van der Waals surface area contributed by atoms with Gasteiger partial charge in [-0.25, -0.2) is 4.21 Å². The van der Waals surface area contributed by atoms with E-state index in [4.69, 9.17) is 9.88 Å². The van der Waals surface area contributed by atoms with E-state index in [1.807, 2.05) is 50.6 Å². The maximum atomic E-state index is 14.6. The Morgan fingerprint density at radius 3 is 2.36 bits per heavy atom. The summed E-state index contributed by atoms with van der Waals surface area (Å²) in [5.74, 6) is -0.173. The molecule has 12 heteroatoms. The summed E-state index contributed by atoms with van der Waals surface area (Å²) < 4.78 is 62.8. The molecule has 0 spiro atoms. The van der Waals surface area contributed by atoms with Gasteiger partial charge in [-0.2, -0.15) is 13.2 Å². The lowest BCUT2D eigenvalue weighted by Crippen LogP contribution is -2.48. The molecule has 0 saturated heterocycles. The Labute approximate surface area is 258 Å². The number of alkyl halides is 3.